The van der Waals surface area contributed by atoms with E-state index in [-0.39, 0.29) is 11.5 Å². The highest BCUT2D eigenvalue weighted by Crippen LogP contribution is 2.34. The van der Waals surface area contributed by atoms with E-state index in [4.69, 9.17) is 4.74 Å². The van der Waals surface area contributed by atoms with Crippen LogP contribution < -0.4 is 15.4 Å². The lowest BCUT2D eigenvalue weighted by molar-refractivity contribution is -0.125. The summed E-state index contributed by atoms with van der Waals surface area (Å²) in [7, 11) is 0. The number of hydrogen-bond acceptors (Lipinski definition) is 4. The number of halogens is 3. The van der Waals surface area contributed by atoms with Crippen molar-refractivity contribution in [2.45, 2.75) is 39.3 Å². The van der Waals surface area contributed by atoms with Crippen LogP contribution in [0, 0.1) is 6.92 Å². The number of aromatic nitrogens is 1. The number of nitrogens with zero attached hydrogens (tertiary/aromatic N) is 1. The van der Waals surface area contributed by atoms with Crippen LogP contribution in [0.3, 0.4) is 0 Å². The number of carbonyl (C=O) groups is 2. The fourth-order valence-electron chi connectivity index (χ4n) is 2.98. The number of fused-ring (bicyclic) bond motifs is 1. The molecule has 1 aromatic heterocycles. The van der Waals surface area contributed by atoms with E-state index in [1.807, 2.05) is 6.92 Å². The Morgan fingerprint density at radius 1 is 1.25 bits per heavy atom. The summed E-state index contributed by atoms with van der Waals surface area (Å²) in [6.45, 7) is 3.36. The van der Waals surface area contributed by atoms with E-state index in [0.717, 1.165) is 17.2 Å². The zero-order valence-electron chi connectivity index (χ0n) is 17.5. The smallest absolute Gasteiger partial charge is 0.392 e. The fraction of sp³-hybridized carbons (Fsp3) is 0.261. The monoisotopic (exact) mass is 445 g/mol. The summed E-state index contributed by atoms with van der Waals surface area (Å²) in [6.07, 6.45) is 0.534. The summed E-state index contributed by atoms with van der Waals surface area (Å²) in [5, 5.41) is 5.43. The Balaban J connectivity index is 1.72. The van der Waals surface area contributed by atoms with Gasteiger partial charge in [0.05, 0.1) is 6.42 Å². The lowest BCUT2D eigenvalue weighted by Gasteiger charge is -2.19. The first kappa shape index (κ1) is 23.1. The summed E-state index contributed by atoms with van der Waals surface area (Å²) >= 11 is 0. The highest BCUT2D eigenvalue weighted by Gasteiger charge is 2.24. The predicted molar refractivity (Wildman–Crippen MR) is 115 cm³/mol. The van der Waals surface area contributed by atoms with E-state index in [1.54, 1.807) is 30.5 Å². The van der Waals surface area contributed by atoms with Crippen LogP contribution in [0.2, 0.25) is 0 Å². The molecule has 0 fully saturated rings. The van der Waals surface area contributed by atoms with Gasteiger partial charge in [0.2, 0.25) is 5.91 Å². The van der Waals surface area contributed by atoms with Crippen molar-refractivity contribution < 1.29 is 27.5 Å². The Morgan fingerprint density at radius 2 is 2.03 bits per heavy atom. The molecule has 2 amide bonds. The van der Waals surface area contributed by atoms with Gasteiger partial charge in [-0.25, -0.2) is 4.98 Å². The maximum atomic E-state index is 12.4. The zero-order chi connectivity index (χ0) is 23.3. The molecule has 9 heteroatoms. The molecule has 0 unspecified atom stereocenters. The Morgan fingerprint density at radius 3 is 2.78 bits per heavy atom. The minimum Gasteiger partial charge on any atom is -0.457 e. The van der Waals surface area contributed by atoms with Gasteiger partial charge < -0.3 is 15.4 Å². The van der Waals surface area contributed by atoms with Gasteiger partial charge in [0.25, 0.3) is 5.91 Å². The summed E-state index contributed by atoms with van der Waals surface area (Å²) in [6, 6.07) is 6.85. The first-order valence-electron chi connectivity index (χ1n) is 9.90. The first-order valence-corrected chi connectivity index (χ1v) is 9.90. The largest absolute Gasteiger partial charge is 0.457 e. The number of benzene rings is 1. The molecule has 6 nitrogen and oxygen atoms in total. The van der Waals surface area contributed by atoms with Gasteiger partial charge in [-0.3, -0.25) is 9.59 Å². The average Bonchev–Trinajstić information content (AvgIpc) is 2.72. The van der Waals surface area contributed by atoms with E-state index in [9.17, 15) is 22.8 Å². The second-order valence-electron chi connectivity index (χ2n) is 7.32. The molecule has 0 radical (unpaired) electrons. The maximum absolute atomic E-state index is 12.4. The SMILES string of the molecule is C/C(=C\C=C/CC(F)(F)F)C(=O)Nc1ccc(C)c(Oc2ccnc3c2CCC(=O)N3)c1. The number of nitrogens with one attached hydrogen (secondary N) is 2. The van der Waals surface area contributed by atoms with Crippen LogP contribution in [0.25, 0.3) is 0 Å². The van der Waals surface area contributed by atoms with Crippen molar-refractivity contribution in [1.82, 2.24) is 4.98 Å². The van der Waals surface area contributed by atoms with Crippen molar-refractivity contribution in [3.8, 4) is 11.5 Å². The van der Waals surface area contributed by atoms with Gasteiger partial charge in [-0.2, -0.15) is 13.2 Å². The molecular weight excluding hydrogens is 423 g/mol. The van der Waals surface area contributed by atoms with Crippen LogP contribution in [0.15, 0.2) is 54.3 Å². The Hall–Kier alpha value is -3.62. The third-order valence-corrected chi connectivity index (χ3v) is 4.73. The number of amides is 2. The van der Waals surface area contributed by atoms with Gasteiger partial charge in [0, 0.05) is 35.5 Å². The van der Waals surface area contributed by atoms with E-state index in [0.29, 0.717) is 35.8 Å². The number of ether oxygens (including phenoxy) is 1. The average molecular weight is 445 g/mol. The normalized spacial score (nSPS) is 14.2. The Kier molecular flexibility index (Phi) is 6.97. The second-order valence-corrected chi connectivity index (χ2v) is 7.32. The first-order chi connectivity index (χ1) is 15.1. The molecule has 2 N–H and O–H groups in total. The zero-order valence-corrected chi connectivity index (χ0v) is 17.5. The van der Waals surface area contributed by atoms with Gasteiger partial charge >= 0.3 is 6.18 Å². The van der Waals surface area contributed by atoms with Crippen molar-refractivity contribution in [3.05, 3.63) is 65.4 Å². The van der Waals surface area contributed by atoms with Crippen LogP contribution >= 0.6 is 0 Å². The second kappa shape index (κ2) is 9.67. The molecule has 168 valence electrons. The summed E-state index contributed by atoms with van der Waals surface area (Å²) in [5.41, 5.74) is 2.35. The molecule has 2 heterocycles. The van der Waals surface area contributed by atoms with Crippen LogP contribution in [-0.4, -0.2) is 23.0 Å². The fourth-order valence-corrected chi connectivity index (χ4v) is 2.98. The summed E-state index contributed by atoms with van der Waals surface area (Å²) in [4.78, 5) is 28.1. The molecule has 1 aromatic carbocycles. The van der Waals surface area contributed by atoms with E-state index in [1.165, 1.54) is 19.1 Å². The topological polar surface area (TPSA) is 80.3 Å². The molecule has 0 saturated carbocycles. The van der Waals surface area contributed by atoms with Gasteiger partial charge in [-0.05, 0) is 38.0 Å². The van der Waals surface area contributed by atoms with Crippen molar-refractivity contribution in [2.75, 3.05) is 10.6 Å². The van der Waals surface area contributed by atoms with E-state index < -0.39 is 18.5 Å². The minimum atomic E-state index is -4.28. The molecule has 2 aromatic rings. The molecule has 1 aliphatic heterocycles. The Bertz CT molecular complexity index is 1090. The molecule has 1 aliphatic rings. The van der Waals surface area contributed by atoms with Gasteiger partial charge in [-0.15, -0.1) is 0 Å². The lowest BCUT2D eigenvalue weighted by Crippen LogP contribution is -2.20. The Labute approximate surface area is 183 Å². The highest BCUT2D eigenvalue weighted by atomic mass is 19.4. The molecule has 0 bridgehead atoms. The number of anilines is 2. The van der Waals surface area contributed by atoms with Crippen molar-refractivity contribution in [3.63, 3.8) is 0 Å². The molecule has 0 aliphatic carbocycles. The third kappa shape index (κ3) is 6.19. The van der Waals surface area contributed by atoms with Crippen LogP contribution in [0.1, 0.15) is 30.9 Å². The quantitative estimate of drug-likeness (QED) is 0.457. The number of allylic oxidation sites excluding steroid dienone is 3. The minimum absolute atomic E-state index is 0.0975. The molecule has 0 atom stereocenters. The molecule has 32 heavy (non-hydrogen) atoms. The number of alkyl halides is 3. The summed E-state index contributed by atoms with van der Waals surface area (Å²) in [5.74, 6) is 1.01. The van der Waals surface area contributed by atoms with Crippen molar-refractivity contribution in [2.24, 2.45) is 0 Å². The highest BCUT2D eigenvalue weighted by molar-refractivity contribution is 6.03. The van der Waals surface area contributed by atoms with Crippen LogP contribution in [0.5, 0.6) is 11.5 Å². The van der Waals surface area contributed by atoms with E-state index >= 15 is 0 Å². The van der Waals surface area contributed by atoms with Crippen molar-refractivity contribution >= 4 is 23.3 Å². The van der Waals surface area contributed by atoms with Crippen molar-refractivity contribution in [1.29, 1.82) is 0 Å². The number of hydrogen-bond donors (Lipinski definition) is 2. The van der Waals surface area contributed by atoms with Gasteiger partial charge in [0.15, 0.2) is 0 Å². The van der Waals surface area contributed by atoms with Gasteiger partial charge in [-0.1, -0.05) is 24.3 Å². The standard InChI is InChI=1S/C23H22F3N3O3/c1-14-6-7-16(28-22(31)15(2)5-3-4-11-23(24,25)26)13-19(14)32-18-10-12-27-21-17(18)8-9-20(30)29-21/h3-7,10,12-13H,8-9,11H2,1-2H3,(H,28,31)(H,27,29,30)/b4-3-,15-5+. The summed E-state index contributed by atoms with van der Waals surface area (Å²) < 4.78 is 42.6. The molecule has 0 spiro atoms. The predicted octanol–water partition coefficient (Wildman–Crippen LogP) is 5.46. The van der Waals surface area contributed by atoms with E-state index in [2.05, 4.69) is 15.6 Å². The molecular formula is C23H22F3N3O3. The van der Waals surface area contributed by atoms with Crippen LogP contribution in [0.4, 0.5) is 24.7 Å². The number of rotatable bonds is 6. The number of carbonyl (C=O) groups excluding carboxylic acids is 2. The van der Waals surface area contributed by atoms with Gasteiger partial charge in [0.1, 0.15) is 17.3 Å². The lowest BCUT2D eigenvalue weighted by atomic mass is 10.1. The molecule has 3 rings (SSSR count). The number of aryl methyl sites for hydroxylation is 1. The third-order valence-electron chi connectivity index (χ3n) is 4.73. The number of pyridine rings is 1. The van der Waals surface area contributed by atoms with Crippen LogP contribution in [-0.2, 0) is 16.0 Å². The maximum Gasteiger partial charge on any atom is 0.392 e. The molecule has 0 saturated heterocycles.